The fourth-order valence-electron chi connectivity index (χ4n) is 2.00. The van der Waals surface area contributed by atoms with E-state index >= 15 is 0 Å². The molecule has 0 unspecified atom stereocenters. The van der Waals surface area contributed by atoms with Gasteiger partial charge in [0.25, 0.3) is 0 Å². The number of hydrogen-bond donors (Lipinski definition) is 2. The van der Waals surface area contributed by atoms with E-state index in [2.05, 4.69) is 35.2 Å². The molecule has 0 aliphatic heterocycles. The lowest BCUT2D eigenvalue weighted by atomic mass is 10.1. The Labute approximate surface area is 118 Å². The van der Waals surface area contributed by atoms with E-state index in [4.69, 9.17) is 4.74 Å². The van der Waals surface area contributed by atoms with Crippen LogP contribution < -0.4 is 5.32 Å². The molecule has 0 spiro atoms. The molecule has 2 aromatic rings. The molecule has 1 amide bonds. The van der Waals surface area contributed by atoms with Gasteiger partial charge in [-0.2, -0.15) is 0 Å². The van der Waals surface area contributed by atoms with Crippen molar-refractivity contribution in [1.29, 1.82) is 0 Å². The summed E-state index contributed by atoms with van der Waals surface area (Å²) in [5, 5.41) is 2.72. The predicted octanol–water partition coefficient (Wildman–Crippen LogP) is 2.97. The molecule has 1 aromatic heterocycles. The van der Waals surface area contributed by atoms with E-state index in [0.29, 0.717) is 19.1 Å². The van der Waals surface area contributed by atoms with Gasteiger partial charge in [-0.25, -0.2) is 9.78 Å². The number of nitrogens with zero attached hydrogens (tertiary/aromatic N) is 1. The molecule has 0 atom stereocenters. The van der Waals surface area contributed by atoms with Gasteiger partial charge >= 0.3 is 6.09 Å². The predicted molar refractivity (Wildman–Crippen MR) is 78.9 cm³/mol. The number of fused-ring (bicyclic) bond motifs is 1. The van der Waals surface area contributed by atoms with E-state index in [0.717, 1.165) is 28.8 Å². The first-order chi connectivity index (χ1) is 9.60. The summed E-state index contributed by atoms with van der Waals surface area (Å²) in [6, 6.07) is 6.14. The number of benzene rings is 1. The molecule has 108 valence electrons. The summed E-state index contributed by atoms with van der Waals surface area (Å²) >= 11 is 0. The highest BCUT2D eigenvalue weighted by atomic mass is 16.5. The van der Waals surface area contributed by atoms with E-state index in [1.807, 2.05) is 12.1 Å². The summed E-state index contributed by atoms with van der Waals surface area (Å²) in [7, 11) is 0. The number of hydrogen-bond acceptors (Lipinski definition) is 3. The van der Waals surface area contributed by atoms with Crippen LogP contribution in [0.3, 0.4) is 0 Å². The van der Waals surface area contributed by atoms with Crippen LogP contribution in [0.2, 0.25) is 0 Å². The molecule has 0 radical (unpaired) electrons. The summed E-state index contributed by atoms with van der Waals surface area (Å²) in [4.78, 5) is 19.0. The molecule has 2 rings (SSSR count). The number of aromatic nitrogens is 2. The van der Waals surface area contributed by atoms with Crippen molar-refractivity contribution < 1.29 is 9.53 Å². The summed E-state index contributed by atoms with van der Waals surface area (Å²) in [6.45, 7) is 6.97. The zero-order valence-corrected chi connectivity index (χ0v) is 12.2. The Morgan fingerprint density at radius 1 is 1.45 bits per heavy atom. The van der Waals surface area contributed by atoms with Crippen molar-refractivity contribution in [3.63, 3.8) is 0 Å². The van der Waals surface area contributed by atoms with Crippen molar-refractivity contribution in [3.05, 3.63) is 29.6 Å². The monoisotopic (exact) mass is 275 g/mol. The zero-order valence-electron chi connectivity index (χ0n) is 12.2. The molecule has 0 saturated heterocycles. The van der Waals surface area contributed by atoms with Crippen molar-refractivity contribution in [2.24, 2.45) is 0 Å². The molecule has 5 heteroatoms. The Bertz CT molecular complexity index is 590. The number of imidazole rings is 1. The Morgan fingerprint density at radius 2 is 2.25 bits per heavy atom. The first-order valence-corrected chi connectivity index (χ1v) is 6.99. The lowest BCUT2D eigenvalue weighted by Gasteiger charge is -2.05. The SMILES string of the molecule is CCOC(=O)NCCc1ccc2nc(C(C)C)[nH]c2c1. The van der Waals surface area contributed by atoms with Gasteiger partial charge in [0.2, 0.25) is 0 Å². The molecule has 1 heterocycles. The van der Waals surface area contributed by atoms with Crippen molar-refractivity contribution >= 4 is 17.1 Å². The van der Waals surface area contributed by atoms with Crippen LogP contribution >= 0.6 is 0 Å². The Balaban J connectivity index is 1.99. The van der Waals surface area contributed by atoms with Gasteiger partial charge in [-0.1, -0.05) is 19.9 Å². The van der Waals surface area contributed by atoms with E-state index in [-0.39, 0.29) is 6.09 Å². The highest BCUT2D eigenvalue weighted by Gasteiger charge is 2.07. The first kappa shape index (κ1) is 14.4. The van der Waals surface area contributed by atoms with Crippen molar-refractivity contribution in [3.8, 4) is 0 Å². The summed E-state index contributed by atoms with van der Waals surface area (Å²) in [5.41, 5.74) is 3.19. The summed E-state index contributed by atoms with van der Waals surface area (Å²) < 4.78 is 4.81. The minimum absolute atomic E-state index is 0.364. The molecule has 0 aliphatic carbocycles. The Hall–Kier alpha value is -2.04. The molecule has 0 saturated carbocycles. The van der Waals surface area contributed by atoms with Gasteiger partial charge in [-0.15, -0.1) is 0 Å². The van der Waals surface area contributed by atoms with Gasteiger partial charge in [0.1, 0.15) is 5.82 Å². The van der Waals surface area contributed by atoms with Crippen LogP contribution in [0, 0.1) is 0 Å². The van der Waals surface area contributed by atoms with Crippen molar-refractivity contribution in [1.82, 2.24) is 15.3 Å². The van der Waals surface area contributed by atoms with Crippen LogP contribution in [-0.2, 0) is 11.2 Å². The third kappa shape index (κ3) is 3.50. The van der Waals surface area contributed by atoms with Gasteiger partial charge in [0, 0.05) is 12.5 Å². The molecule has 0 aliphatic rings. The maximum absolute atomic E-state index is 11.2. The van der Waals surface area contributed by atoms with Crippen LogP contribution in [0.4, 0.5) is 4.79 Å². The van der Waals surface area contributed by atoms with Gasteiger partial charge in [0.15, 0.2) is 0 Å². The van der Waals surface area contributed by atoms with E-state index < -0.39 is 0 Å². The highest BCUT2D eigenvalue weighted by Crippen LogP contribution is 2.18. The van der Waals surface area contributed by atoms with Gasteiger partial charge in [0.05, 0.1) is 17.6 Å². The van der Waals surface area contributed by atoms with Gasteiger partial charge in [-0.05, 0) is 31.0 Å². The maximum Gasteiger partial charge on any atom is 0.407 e. The average molecular weight is 275 g/mol. The van der Waals surface area contributed by atoms with Gasteiger partial charge in [-0.3, -0.25) is 0 Å². The van der Waals surface area contributed by atoms with E-state index in [1.165, 1.54) is 0 Å². The average Bonchev–Trinajstić information content (AvgIpc) is 2.82. The summed E-state index contributed by atoms with van der Waals surface area (Å²) in [5.74, 6) is 1.39. The minimum atomic E-state index is -0.364. The number of carbonyl (C=O) groups is 1. The number of ether oxygens (including phenoxy) is 1. The Kier molecular flexibility index (Phi) is 4.61. The third-order valence-electron chi connectivity index (χ3n) is 3.07. The first-order valence-electron chi connectivity index (χ1n) is 6.99. The normalized spacial score (nSPS) is 11.0. The van der Waals surface area contributed by atoms with Crippen LogP contribution in [0.25, 0.3) is 11.0 Å². The molecule has 1 aromatic carbocycles. The molecular formula is C15H21N3O2. The molecule has 0 bridgehead atoms. The maximum atomic E-state index is 11.2. The standard InChI is InChI=1S/C15H21N3O2/c1-4-20-15(19)16-8-7-11-5-6-12-13(9-11)18-14(17-12)10(2)3/h5-6,9-10H,4,7-8H2,1-3H3,(H,16,19)(H,17,18). The number of aromatic amines is 1. The number of rotatable bonds is 5. The summed E-state index contributed by atoms with van der Waals surface area (Å²) in [6.07, 6.45) is 0.405. The smallest absolute Gasteiger partial charge is 0.407 e. The second-order valence-corrected chi connectivity index (χ2v) is 5.03. The molecule has 0 fully saturated rings. The second-order valence-electron chi connectivity index (χ2n) is 5.03. The van der Waals surface area contributed by atoms with Crippen molar-refractivity contribution in [2.75, 3.05) is 13.2 Å². The number of amides is 1. The molecular weight excluding hydrogens is 254 g/mol. The van der Waals surface area contributed by atoms with Crippen LogP contribution in [-0.4, -0.2) is 29.2 Å². The fraction of sp³-hybridized carbons (Fsp3) is 0.467. The molecule has 2 N–H and O–H groups in total. The number of H-pyrrole nitrogens is 1. The molecule has 5 nitrogen and oxygen atoms in total. The quantitative estimate of drug-likeness (QED) is 0.881. The highest BCUT2D eigenvalue weighted by molar-refractivity contribution is 5.76. The molecule has 20 heavy (non-hydrogen) atoms. The number of carbonyl (C=O) groups excluding carboxylic acids is 1. The fourth-order valence-corrected chi connectivity index (χ4v) is 2.00. The largest absolute Gasteiger partial charge is 0.450 e. The second kappa shape index (κ2) is 6.41. The minimum Gasteiger partial charge on any atom is -0.450 e. The lowest BCUT2D eigenvalue weighted by molar-refractivity contribution is 0.152. The van der Waals surface area contributed by atoms with Crippen LogP contribution in [0.15, 0.2) is 18.2 Å². The third-order valence-corrected chi connectivity index (χ3v) is 3.07. The van der Waals surface area contributed by atoms with E-state index in [9.17, 15) is 4.79 Å². The van der Waals surface area contributed by atoms with Crippen LogP contribution in [0.5, 0.6) is 0 Å². The van der Waals surface area contributed by atoms with E-state index in [1.54, 1.807) is 6.92 Å². The number of nitrogens with one attached hydrogen (secondary N) is 2. The van der Waals surface area contributed by atoms with Crippen molar-refractivity contribution in [2.45, 2.75) is 33.1 Å². The van der Waals surface area contributed by atoms with Gasteiger partial charge < -0.3 is 15.0 Å². The van der Waals surface area contributed by atoms with Crippen LogP contribution in [0.1, 0.15) is 38.1 Å². The Morgan fingerprint density at radius 3 is 2.95 bits per heavy atom. The lowest BCUT2D eigenvalue weighted by Crippen LogP contribution is -2.26. The topological polar surface area (TPSA) is 67.0 Å². The number of alkyl carbamates (subject to hydrolysis) is 1. The zero-order chi connectivity index (χ0) is 14.5.